The lowest BCUT2D eigenvalue weighted by Gasteiger charge is -2.34. The van der Waals surface area contributed by atoms with E-state index in [2.05, 4.69) is 0 Å². The molecule has 1 saturated heterocycles. The predicted octanol–water partition coefficient (Wildman–Crippen LogP) is 0.718. The monoisotopic (exact) mass is 571 g/mol. The van der Waals surface area contributed by atoms with Crippen molar-refractivity contribution in [1.82, 2.24) is 19.6 Å². The van der Waals surface area contributed by atoms with Gasteiger partial charge in [0.2, 0.25) is 5.91 Å². The number of rotatable bonds is 8. The van der Waals surface area contributed by atoms with Crippen molar-refractivity contribution >= 4 is 23.8 Å². The Kier molecular flexibility index (Phi) is 14.0. The van der Waals surface area contributed by atoms with Gasteiger partial charge in [0, 0.05) is 52.4 Å². The van der Waals surface area contributed by atoms with Crippen molar-refractivity contribution in [3.05, 3.63) is 0 Å². The standard InChI is InChI=1S/C28H53N5O7/c1-26(2,3)38-23(35)19-31-12-10-30(18-22(29)34)11-13-32(20-24(36)39-27(4,5)6)15-17-33(16-14-31)21-25(37)40-28(7,8)9/h10-21H2,1-9H3,(H2,29,34). The van der Waals surface area contributed by atoms with Crippen LogP contribution in [0.25, 0.3) is 0 Å². The number of nitrogens with two attached hydrogens (primary N) is 1. The number of ether oxygens (including phenoxy) is 3. The van der Waals surface area contributed by atoms with Crippen LogP contribution in [-0.4, -0.2) is 139 Å². The Morgan fingerprint density at radius 2 is 0.675 bits per heavy atom. The van der Waals surface area contributed by atoms with E-state index in [1.165, 1.54) is 0 Å². The second-order valence-electron chi connectivity index (χ2n) is 13.3. The zero-order valence-corrected chi connectivity index (χ0v) is 26.2. The number of esters is 3. The van der Waals surface area contributed by atoms with Gasteiger partial charge in [0.15, 0.2) is 0 Å². The van der Waals surface area contributed by atoms with Gasteiger partial charge in [0.25, 0.3) is 0 Å². The van der Waals surface area contributed by atoms with E-state index in [-0.39, 0.29) is 44.1 Å². The van der Waals surface area contributed by atoms with Crippen molar-refractivity contribution < 1.29 is 33.4 Å². The van der Waals surface area contributed by atoms with Crippen LogP contribution in [0.5, 0.6) is 0 Å². The average molecular weight is 572 g/mol. The maximum Gasteiger partial charge on any atom is 0.320 e. The maximum absolute atomic E-state index is 12.7. The van der Waals surface area contributed by atoms with E-state index in [0.717, 1.165) is 0 Å². The molecule has 2 N–H and O–H groups in total. The number of amides is 1. The lowest BCUT2D eigenvalue weighted by atomic mass is 10.2. The van der Waals surface area contributed by atoms with E-state index in [4.69, 9.17) is 19.9 Å². The van der Waals surface area contributed by atoms with Gasteiger partial charge in [-0.15, -0.1) is 0 Å². The molecule has 12 nitrogen and oxygen atoms in total. The van der Waals surface area contributed by atoms with Crippen LogP contribution < -0.4 is 5.73 Å². The molecule has 0 atom stereocenters. The molecule has 1 aliphatic rings. The highest BCUT2D eigenvalue weighted by atomic mass is 16.6. The highest BCUT2D eigenvalue weighted by molar-refractivity contribution is 5.76. The summed E-state index contributed by atoms with van der Waals surface area (Å²) >= 11 is 0. The minimum absolute atomic E-state index is 0.0608. The number of nitrogens with zero attached hydrogens (tertiary/aromatic N) is 4. The van der Waals surface area contributed by atoms with Crippen LogP contribution in [0.3, 0.4) is 0 Å². The molecule has 0 aromatic rings. The first-order valence-corrected chi connectivity index (χ1v) is 14.0. The van der Waals surface area contributed by atoms with Gasteiger partial charge in [-0.2, -0.15) is 0 Å². The maximum atomic E-state index is 12.7. The minimum Gasteiger partial charge on any atom is -0.459 e. The van der Waals surface area contributed by atoms with E-state index in [1.54, 1.807) is 0 Å². The SMILES string of the molecule is CC(C)(C)OC(=O)CN1CCN(CC(N)=O)CCN(CC(=O)OC(C)(C)C)CCN(CC(=O)OC(C)(C)C)CC1. The molecule has 12 heteroatoms. The van der Waals surface area contributed by atoms with Crippen molar-refractivity contribution in [2.75, 3.05) is 78.5 Å². The van der Waals surface area contributed by atoms with Crippen LogP contribution in [0.4, 0.5) is 0 Å². The Balaban J connectivity index is 3.13. The molecule has 232 valence electrons. The van der Waals surface area contributed by atoms with E-state index in [1.807, 2.05) is 81.9 Å². The highest BCUT2D eigenvalue weighted by Crippen LogP contribution is 2.11. The van der Waals surface area contributed by atoms with Crippen molar-refractivity contribution in [2.45, 2.75) is 79.1 Å². The minimum atomic E-state index is -0.612. The zero-order chi connectivity index (χ0) is 30.7. The Morgan fingerprint density at radius 3 is 0.850 bits per heavy atom. The molecule has 0 saturated carbocycles. The molecule has 0 spiro atoms. The van der Waals surface area contributed by atoms with E-state index in [9.17, 15) is 19.2 Å². The zero-order valence-electron chi connectivity index (χ0n) is 26.2. The second-order valence-corrected chi connectivity index (χ2v) is 13.3. The first-order valence-electron chi connectivity index (χ1n) is 14.0. The summed E-state index contributed by atoms with van der Waals surface area (Å²) in [4.78, 5) is 57.5. The van der Waals surface area contributed by atoms with E-state index >= 15 is 0 Å². The summed E-state index contributed by atoms with van der Waals surface area (Å²) in [6, 6.07) is 0. The fraction of sp³-hybridized carbons (Fsp3) is 0.857. The molecule has 1 heterocycles. The summed E-state index contributed by atoms with van der Waals surface area (Å²) in [7, 11) is 0. The Bertz CT molecular complexity index is 799. The Hall–Kier alpha value is -2.28. The molecule has 0 aliphatic carbocycles. The normalized spacial score (nSPS) is 18.3. The van der Waals surface area contributed by atoms with Gasteiger partial charge in [-0.25, -0.2) is 0 Å². The van der Waals surface area contributed by atoms with Crippen LogP contribution in [0.1, 0.15) is 62.3 Å². The molecular weight excluding hydrogens is 518 g/mol. The summed E-state index contributed by atoms with van der Waals surface area (Å²) in [5.74, 6) is -1.48. The molecule has 0 unspecified atom stereocenters. The number of carbonyl (C=O) groups excluding carboxylic acids is 4. The van der Waals surface area contributed by atoms with Crippen LogP contribution >= 0.6 is 0 Å². The molecule has 1 aliphatic heterocycles. The first-order chi connectivity index (χ1) is 18.2. The first kappa shape index (κ1) is 35.7. The molecule has 1 amide bonds. The molecule has 0 radical (unpaired) electrons. The third kappa shape index (κ3) is 18.1. The number of carbonyl (C=O) groups is 4. The smallest absolute Gasteiger partial charge is 0.320 e. The number of hydrogen-bond donors (Lipinski definition) is 1. The summed E-state index contributed by atoms with van der Waals surface area (Å²) in [6.45, 7) is 20.6. The molecule has 0 bridgehead atoms. The molecule has 1 rings (SSSR count). The average Bonchev–Trinajstić information content (AvgIpc) is 2.71. The number of hydrogen-bond acceptors (Lipinski definition) is 11. The summed E-state index contributed by atoms with van der Waals surface area (Å²) < 4.78 is 16.6. The molecular formula is C28H53N5O7. The lowest BCUT2D eigenvalue weighted by Crippen LogP contribution is -2.50. The van der Waals surface area contributed by atoms with Gasteiger partial charge in [0.05, 0.1) is 26.2 Å². The van der Waals surface area contributed by atoms with Gasteiger partial charge >= 0.3 is 17.9 Å². The lowest BCUT2D eigenvalue weighted by molar-refractivity contribution is -0.158. The highest BCUT2D eigenvalue weighted by Gasteiger charge is 2.25. The van der Waals surface area contributed by atoms with E-state index < -0.39 is 22.7 Å². The summed E-state index contributed by atoms with van der Waals surface area (Å²) in [5.41, 5.74) is 3.68. The Labute approximate surface area is 240 Å². The third-order valence-electron chi connectivity index (χ3n) is 5.63. The molecule has 40 heavy (non-hydrogen) atoms. The van der Waals surface area contributed by atoms with Crippen LogP contribution in [-0.2, 0) is 33.4 Å². The van der Waals surface area contributed by atoms with Crippen LogP contribution in [0, 0.1) is 0 Å². The van der Waals surface area contributed by atoms with Crippen molar-refractivity contribution in [3.63, 3.8) is 0 Å². The summed E-state index contributed by atoms with van der Waals surface area (Å²) in [5, 5.41) is 0. The Morgan fingerprint density at radius 1 is 0.475 bits per heavy atom. The van der Waals surface area contributed by atoms with E-state index in [0.29, 0.717) is 52.4 Å². The van der Waals surface area contributed by atoms with Gasteiger partial charge in [-0.05, 0) is 62.3 Å². The van der Waals surface area contributed by atoms with Crippen LogP contribution in [0.15, 0.2) is 0 Å². The van der Waals surface area contributed by atoms with Crippen molar-refractivity contribution in [2.24, 2.45) is 5.73 Å². The van der Waals surface area contributed by atoms with Gasteiger partial charge < -0.3 is 19.9 Å². The van der Waals surface area contributed by atoms with Gasteiger partial charge in [0.1, 0.15) is 16.8 Å². The quantitative estimate of drug-likeness (QED) is 0.326. The third-order valence-corrected chi connectivity index (χ3v) is 5.63. The fourth-order valence-corrected chi connectivity index (χ4v) is 4.10. The number of primary amides is 1. The predicted molar refractivity (Wildman–Crippen MR) is 152 cm³/mol. The largest absolute Gasteiger partial charge is 0.459 e. The van der Waals surface area contributed by atoms with Gasteiger partial charge in [-0.1, -0.05) is 0 Å². The molecule has 0 aromatic heterocycles. The second kappa shape index (κ2) is 15.6. The molecule has 0 aromatic carbocycles. The fourth-order valence-electron chi connectivity index (χ4n) is 4.10. The van der Waals surface area contributed by atoms with Crippen molar-refractivity contribution in [1.29, 1.82) is 0 Å². The molecule has 1 fully saturated rings. The van der Waals surface area contributed by atoms with Gasteiger partial charge in [-0.3, -0.25) is 38.8 Å². The van der Waals surface area contributed by atoms with Crippen LogP contribution in [0.2, 0.25) is 0 Å². The van der Waals surface area contributed by atoms with Crippen molar-refractivity contribution in [3.8, 4) is 0 Å². The topological polar surface area (TPSA) is 135 Å². The summed E-state index contributed by atoms with van der Waals surface area (Å²) in [6.07, 6.45) is 0.